The lowest BCUT2D eigenvalue weighted by atomic mass is 10.1. The van der Waals surface area contributed by atoms with Crippen molar-refractivity contribution in [1.82, 2.24) is 19.3 Å². The Morgan fingerprint density at radius 2 is 1.79 bits per heavy atom. The minimum atomic E-state index is 0.0867. The molecule has 0 saturated carbocycles. The summed E-state index contributed by atoms with van der Waals surface area (Å²) in [5.74, 6) is 1.18. The number of benzene rings is 1. The third-order valence-corrected chi connectivity index (χ3v) is 5.79. The number of carbonyl (C=O) groups excluding carboxylic acids is 1. The fourth-order valence-corrected chi connectivity index (χ4v) is 4.22. The van der Waals surface area contributed by atoms with Crippen LogP contribution in [0, 0.1) is 20.8 Å². The van der Waals surface area contributed by atoms with E-state index in [9.17, 15) is 4.79 Å². The molecule has 150 valence electrons. The molecule has 2 heterocycles. The van der Waals surface area contributed by atoms with Crippen molar-refractivity contribution in [3.05, 3.63) is 78.2 Å². The number of hydrogen-bond donors (Lipinski definition) is 0. The van der Waals surface area contributed by atoms with Gasteiger partial charge in [0.15, 0.2) is 16.8 Å². The highest BCUT2D eigenvalue weighted by atomic mass is 32.2. The van der Waals surface area contributed by atoms with E-state index in [0.717, 1.165) is 39.1 Å². The summed E-state index contributed by atoms with van der Waals surface area (Å²) in [5.41, 5.74) is 4.96. The number of hydrogen-bond acceptors (Lipinski definition) is 4. The number of nitrogens with zero attached hydrogens (tertiary/aromatic N) is 4. The summed E-state index contributed by atoms with van der Waals surface area (Å²) in [5, 5.41) is 9.43. The maximum absolute atomic E-state index is 12.9. The quantitative estimate of drug-likeness (QED) is 0.284. The summed E-state index contributed by atoms with van der Waals surface area (Å²) in [6.45, 7) is 15.0. The van der Waals surface area contributed by atoms with E-state index >= 15 is 0 Å². The molecular formula is C23H26N4OS. The van der Waals surface area contributed by atoms with Gasteiger partial charge in [0.1, 0.15) is 0 Å². The average Bonchev–Trinajstić information content (AvgIpc) is 3.22. The van der Waals surface area contributed by atoms with E-state index in [2.05, 4.69) is 47.0 Å². The number of aromatic nitrogens is 4. The van der Waals surface area contributed by atoms with Crippen LogP contribution in [0.5, 0.6) is 0 Å². The van der Waals surface area contributed by atoms with Crippen molar-refractivity contribution in [2.75, 3.05) is 5.75 Å². The second-order valence-corrected chi connectivity index (χ2v) is 7.91. The molecule has 0 spiro atoms. The van der Waals surface area contributed by atoms with Gasteiger partial charge in [0.2, 0.25) is 0 Å². The number of allylic oxidation sites excluding steroid dienone is 2. The van der Waals surface area contributed by atoms with Crippen LogP contribution in [0.25, 0.3) is 11.4 Å². The van der Waals surface area contributed by atoms with Gasteiger partial charge in [-0.1, -0.05) is 47.7 Å². The zero-order valence-corrected chi connectivity index (χ0v) is 18.0. The Hall–Kier alpha value is -2.86. The Bertz CT molecular complexity index is 1060. The topological polar surface area (TPSA) is 52.7 Å². The number of carbonyl (C=O) groups is 1. The monoisotopic (exact) mass is 406 g/mol. The van der Waals surface area contributed by atoms with Gasteiger partial charge in [-0.2, -0.15) is 0 Å². The second-order valence-electron chi connectivity index (χ2n) is 6.97. The Balaban J connectivity index is 1.82. The molecule has 29 heavy (non-hydrogen) atoms. The summed E-state index contributed by atoms with van der Waals surface area (Å²) in [7, 11) is 0. The number of ketones is 1. The van der Waals surface area contributed by atoms with Crippen LogP contribution in [0.4, 0.5) is 0 Å². The van der Waals surface area contributed by atoms with Crippen LogP contribution in [0.3, 0.4) is 0 Å². The van der Waals surface area contributed by atoms with E-state index < -0.39 is 0 Å². The van der Waals surface area contributed by atoms with Crippen molar-refractivity contribution < 1.29 is 4.79 Å². The molecule has 3 rings (SSSR count). The largest absolute Gasteiger partial charge is 0.345 e. The van der Waals surface area contributed by atoms with E-state index in [1.807, 2.05) is 48.8 Å². The summed E-state index contributed by atoms with van der Waals surface area (Å²) in [6, 6.07) is 10.1. The molecule has 3 aromatic rings. The SMILES string of the molecule is C=CCn1c(SCC(=O)c2cc(C)n(CC=C)c2C)nnc1-c1cccc(C)c1. The molecule has 6 heteroatoms. The number of Topliss-reactive ketones (excluding diaryl/α,β-unsaturated/α-hetero) is 1. The van der Waals surface area contributed by atoms with Gasteiger partial charge < -0.3 is 4.57 Å². The summed E-state index contributed by atoms with van der Waals surface area (Å²) < 4.78 is 4.10. The summed E-state index contributed by atoms with van der Waals surface area (Å²) in [6.07, 6.45) is 3.66. The van der Waals surface area contributed by atoms with Gasteiger partial charge in [-0.15, -0.1) is 23.4 Å². The second kappa shape index (κ2) is 9.09. The molecular weight excluding hydrogens is 380 g/mol. The molecule has 0 unspecified atom stereocenters. The van der Waals surface area contributed by atoms with Crippen molar-refractivity contribution >= 4 is 17.5 Å². The van der Waals surface area contributed by atoms with Crippen LogP contribution >= 0.6 is 11.8 Å². The minimum Gasteiger partial charge on any atom is -0.345 e. The Morgan fingerprint density at radius 3 is 2.48 bits per heavy atom. The van der Waals surface area contributed by atoms with E-state index in [4.69, 9.17) is 0 Å². The molecule has 0 aliphatic rings. The lowest BCUT2D eigenvalue weighted by Gasteiger charge is -2.08. The van der Waals surface area contributed by atoms with Gasteiger partial charge in [0.05, 0.1) is 5.75 Å². The van der Waals surface area contributed by atoms with Crippen LogP contribution in [0.1, 0.15) is 27.3 Å². The highest BCUT2D eigenvalue weighted by molar-refractivity contribution is 7.99. The van der Waals surface area contributed by atoms with Gasteiger partial charge in [-0.3, -0.25) is 9.36 Å². The molecule has 0 radical (unpaired) electrons. The molecule has 0 aliphatic carbocycles. The van der Waals surface area contributed by atoms with E-state index in [1.54, 1.807) is 0 Å². The van der Waals surface area contributed by atoms with E-state index in [1.165, 1.54) is 11.8 Å². The zero-order valence-electron chi connectivity index (χ0n) is 17.2. The van der Waals surface area contributed by atoms with E-state index in [-0.39, 0.29) is 5.78 Å². The van der Waals surface area contributed by atoms with E-state index in [0.29, 0.717) is 18.8 Å². The fourth-order valence-electron chi connectivity index (χ4n) is 3.39. The maximum Gasteiger partial charge on any atom is 0.192 e. The molecule has 0 saturated heterocycles. The smallest absolute Gasteiger partial charge is 0.192 e. The van der Waals surface area contributed by atoms with Crippen molar-refractivity contribution in [3.8, 4) is 11.4 Å². The van der Waals surface area contributed by atoms with Gasteiger partial charge in [-0.25, -0.2) is 0 Å². The minimum absolute atomic E-state index is 0.0867. The Kier molecular flexibility index (Phi) is 6.54. The van der Waals surface area contributed by atoms with Crippen LogP contribution in [-0.2, 0) is 13.1 Å². The van der Waals surface area contributed by atoms with Crippen molar-refractivity contribution in [3.63, 3.8) is 0 Å². The van der Waals surface area contributed by atoms with Crippen LogP contribution in [0.15, 0.2) is 60.8 Å². The Labute approximate surface area is 176 Å². The fraction of sp³-hybridized carbons (Fsp3) is 0.261. The van der Waals surface area contributed by atoms with Gasteiger partial charge in [-0.05, 0) is 32.9 Å². The van der Waals surface area contributed by atoms with Crippen LogP contribution in [0.2, 0.25) is 0 Å². The van der Waals surface area contributed by atoms with Crippen molar-refractivity contribution in [1.29, 1.82) is 0 Å². The lowest BCUT2D eigenvalue weighted by molar-refractivity contribution is 0.102. The normalized spacial score (nSPS) is 10.9. The first kappa shape index (κ1) is 20.9. The summed E-state index contributed by atoms with van der Waals surface area (Å²) >= 11 is 1.41. The zero-order chi connectivity index (χ0) is 21.0. The molecule has 2 aromatic heterocycles. The first-order valence-corrected chi connectivity index (χ1v) is 10.5. The third kappa shape index (κ3) is 4.43. The van der Waals surface area contributed by atoms with Gasteiger partial charge in [0.25, 0.3) is 0 Å². The number of rotatable bonds is 9. The number of aryl methyl sites for hydroxylation is 2. The molecule has 0 N–H and O–H groups in total. The van der Waals surface area contributed by atoms with Crippen molar-refractivity contribution in [2.45, 2.75) is 39.0 Å². The molecule has 1 aromatic carbocycles. The molecule has 0 bridgehead atoms. The number of thioether (sulfide) groups is 1. The first-order chi connectivity index (χ1) is 14.0. The molecule has 0 aliphatic heterocycles. The van der Waals surface area contributed by atoms with Crippen LogP contribution < -0.4 is 0 Å². The molecule has 0 atom stereocenters. The van der Waals surface area contributed by atoms with Crippen molar-refractivity contribution in [2.24, 2.45) is 0 Å². The van der Waals surface area contributed by atoms with Gasteiger partial charge in [0, 0.05) is 35.6 Å². The maximum atomic E-state index is 12.9. The van der Waals surface area contributed by atoms with Crippen LogP contribution in [-0.4, -0.2) is 30.9 Å². The standard InChI is InChI=1S/C23H26N4OS/c1-6-11-26-17(4)14-20(18(26)5)21(28)15-29-23-25-24-22(27(23)12-7-2)19-10-8-9-16(3)13-19/h6-10,13-14H,1-2,11-12,15H2,3-5H3. The summed E-state index contributed by atoms with van der Waals surface area (Å²) in [4.78, 5) is 12.9. The molecule has 0 amide bonds. The average molecular weight is 407 g/mol. The predicted octanol–water partition coefficient (Wildman–Crippen LogP) is 5.02. The van der Waals surface area contributed by atoms with Gasteiger partial charge >= 0.3 is 0 Å². The lowest BCUT2D eigenvalue weighted by Crippen LogP contribution is -2.07. The predicted molar refractivity (Wildman–Crippen MR) is 120 cm³/mol. The highest BCUT2D eigenvalue weighted by Crippen LogP contribution is 2.26. The Morgan fingerprint density at radius 1 is 1.07 bits per heavy atom. The first-order valence-electron chi connectivity index (χ1n) is 9.51. The molecule has 5 nitrogen and oxygen atoms in total. The molecule has 0 fully saturated rings. The highest BCUT2D eigenvalue weighted by Gasteiger charge is 2.18. The third-order valence-electron chi connectivity index (χ3n) is 4.82.